The molecule has 29 heavy (non-hydrogen) atoms. The molecule has 0 saturated carbocycles. The van der Waals surface area contributed by atoms with Crippen molar-refractivity contribution in [2.45, 2.75) is 45.3 Å². The smallest absolute Gasteiger partial charge is 0.193 e. The molecule has 1 aromatic carbocycles. The fourth-order valence-electron chi connectivity index (χ4n) is 3.31. The molecule has 0 aliphatic carbocycles. The molecule has 1 fully saturated rings. The summed E-state index contributed by atoms with van der Waals surface area (Å²) in [4.78, 5) is 6.76. The van der Waals surface area contributed by atoms with Crippen molar-refractivity contribution in [2.24, 2.45) is 10.9 Å². The largest absolute Gasteiger partial charge is 0.389 e. The van der Waals surface area contributed by atoms with E-state index in [1.54, 1.807) is 0 Å². The first kappa shape index (κ1) is 26.1. The van der Waals surface area contributed by atoms with Gasteiger partial charge in [-0.1, -0.05) is 30.3 Å². The molecule has 2 unspecified atom stereocenters. The Balaban J connectivity index is 0.00000420. The number of hydrogen-bond donors (Lipinski definition) is 2. The number of halogens is 1. The molecule has 1 aliphatic heterocycles. The monoisotopic (exact) mass is 519 g/mol. The highest BCUT2D eigenvalue weighted by Crippen LogP contribution is 2.18. The number of benzene rings is 1. The lowest BCUT2D eigenvalue weighted by Crippen LogP contribution is -2.40. The summed E-state index contributed by atoms with van der Waals surface area (Å²) in [7, 11) is 2.06. The SMILES string of the molecule is CCNC(=NCC(O)COC(C)c1ccccc1)N(C)CCC1CCOCC1.I. The van der Waals surface area contributed by atoms with E-state index >= 15 is 0 Å². The molecule has 1 aliphatic rings. The van der Waals surface area contributed by atoms with Gasteiger partial charge in [0.1, 0.15) is 0 Å². The number of ether oxygens (including phenoxy) is 2. The first-order valence-corrected chi connectivity index (χ1v) is 10.5. The molecule has 166 valence electrons. The topological polar surface area (TPSA) is 66.3 Å². The quantitative estimate of drug-likeness (QED) is 0.282. The van der Waals surface area contributed by atoms with Crippen molar-refractivity contribution < 1.29 is 14.6 Å². The minimum absolute atomic E-state index is 0. The summed E-state index contributed by atoms with van der Waals surface area (Å²) in [5, 5.41) is 13.6. The Labute approximate surface area is 193 Å². The molecule has 1 saturated heterocycles. The van der Waals surface area contributed by atoms with Crippen LogP contribution in [-0.2, 0) is 9.47 Å². The number of aliphatic hydroxyl groups is 1. The van der Waals surface area contributed by atoms with Crippen LogP contribution >= 0.6 is 24.0 Å². The number of guanidine groups is 1. The predicted octanol–water partition coefficient (Wildman–Crippen LogP) is 3.46. The minimum atomic E-state index is -0.622. The van der Waals surface area contributed by atoms with Crippen molar-refractivity contribution in [1.29, 1.82) is 0 Å². The number of nitrogens with zero attached hydrogens (tertiary/aromatic N) is 2. The number of nitrogens with one attached hydrogen (secondary N) is 1. The van der Waals surface area contributed by atoms with Crippen LogP contribution in [0.2, 0.25) is 0 Å². The van der Waals surface area contributed by atoms with Gasteiger partial charge in [-0.15, -0.1) is 24.0 Å². The van der Waals surface area contributed by atoms with Gasteiger partial charge in [-0.25, -0.2) is 0 Å². The number of aliphatic hydroxyl groups excluding tert-OH is 1. The Morgan fingerprint density at radius 1 is 1.31 bits per heavy atom. The van der Waals surface area contributed by atoms with Crippen LogP contribution in [-0.4, -0.2) is 68.6 Å². The highest BCUT2D eigenvalue weighted by molar-refractivity contribution is 14.0. The van der Waals surface area contributed by atoms with Crippen LogP contribution in [0.5, 0.6) is 0 Å². The molecule has 1 aromatic rings. The summed E-state index contributed by atoms with van der Waals surface area (Å²) in [5.41, 5.74) is 1.11. The number of aliphatic imine (C=N–C) groups is 1. The predicted molar refractivity (Wildman–Crippen MR) is 129 cm³/mol. The van der Waals surface area contributed by atoms with Crippen molar-refractivity contribution in [3.05, 3.63) is 35.9 Å². The molecule has 0 bridgehead atoms. The van der Waals surface area contributed by atoms with Gasteiger partial charge in [-0.2, -0.15) is 0 Å². The fourth-order valence-corrected chi connectivity index (χ4v) is 3.31. The second-order valence-electron chi connectivity index (χ2n) is 7.50. The maximum atomic E-state index is 10.3. The molecular formula is C22H38IN3O3. The Morgan fingerprint density at radius 2 is 2.00 bits per heavy atom. The highest BCUT2D eigenvalue weighted by Gasteiger charge is 2.16. The van der Waals surface area contributed by atoms with E-state index < -0.39 is 6.10 Å². The van der Waals surface area contributed by atoms with E-state index in [4.69, 9.17) is 9.47 Å². The first-order valence-electron chi connectivity index (χ1n) is 10.5. The Bertz CT molecular complexity index is 568. The molecule has 2 N–H and O–H groups in total. The van der Waals surface area contributed by atoms with E-state index in [1.165, 1.54) is 0 Å². The van der Waals surface area contributed by atoms with E-state index in [0.717, 1.165) is 63.0 Å². The Morgan fingerprint density at radius 3 is 2.66 bits per heavy atom. The van der Waals surface area contributed by atoms with Gasteiger partial charge in [0.2, 0.25) is 0 Å². The summed E-state index contributed by atoms with van der Waals surface area (Å²) in [6.45, 7) is 8.18. The zero-order valence-electron chi connectivity index (χ0n) is 18.0. The molecular weight excluding hydrogens is 481 g/mol. The van der Waals surface area contributed by atoms with Crippen molar-refractivity contribution in [3.8, 4) is 0 Å². The van der Waals surface area contributed by atoms with E-state index in [-0.39, 0.29) is 36.7 Å². The van der Waals surface area contributed by atoms with E-state index in [9.17, 15) is 5.11 Å². The summed E-state index contributed by atoms with van der Waals surface area (Å²) >= 11 is 0. The molecule has 0 spiro atoms. The lowest BCUT2D eigenvalue weighted by atomic mass is 9.96. The minimum Gasteiger partial charge on any atom is -0.389 e. The van der Waals surface area contributed by atoms with Gasteiger partial charge in [-0.3, -0.25) is 4.99 Å². The van der Waals surface area contributed by atoms with E-state index in [0.29, 0.717) is 6.54 Å². The van der Waals surface area contributed by atoms with Crippen LogP contribution in [0.1, 0.15) is 44.8 Å². The van der Waals surface area contributed by atoms with E-state index in [1.807, 2.05) is 37.3 Å². The van der Waals surface area contributed by atoms with Crippen LogP contribution in [0.25, 0.3) is 0 Å². The van der Waals surface area contributed by atoms with Gasteiger partial charge in [0.15, 0.2) is 5.96 Å². The van der Waals surface area contributed by atoms with Crippen molar-refractivity contribution in [2.75, 3.05) is 46.5 Å². The Kier molecular flexibility index (Phi) is 13.5. The van der Waals surface area contributed by atoms with Crippen molar-refractivity contribution in [1.82, 2.24) is 10.2 Å². The normalized spacial score (nSPS) is 17.3. The van der Waals surface area contributed by atoms with Gasteiger partial charge < -0.3 is 24.8 Å². The lowest BCUT2D eigenvalue weighted by molar-refractivity contribution is 0.00105. The lowest BCUT2D eigenvalue weighted by Gasteiger charge is -2.27. The summed E-state index contributed by atoms with van der Waals surface area (Å²) in [6.07, 6.45) is 2.78. The van der Waals surface area contributed by atoms with Crippen LogP contribution in [0.15, 0.2) is 35.3 Å². The standard InChI is InChI=1S/C22H37N3O3.HI/c1-4-23-22(25(3)13-10-19-11-14-27-15-12-19)24-16-21(26)17-28-18(2)20-8-6-5-7-9-20;/h5-9,18-19,21,26H,4,10-17H2,1-3H3,(H,23,24);1H. The maximum Gasteiger partial charge on any atom is 0.193 e. The highest BCUT2D eigenvalue weighted by atomic mass is 127. The zero-order chi connectivity index (χ0) is 20.2. The summed E-state index contributed by atoms with van der Waals surface area (Å²) in [6, 6.07) is 10.0. The molecule has 2 atom stereocenters. The average Bonchev–Trinajstić information content (AvgIpc) is 2.74. The van der Waals surface area contributed by atoms with Gasteiger partial charge in [-0.05, 0) is 44.6 Å². The van der Waals surface area contributed by atoms with Gasteiger partial charge in [0.25, 0.3) is 0 Å². The van der Waals surface area contributed by atoms with E-state index in [2.05, 4.69) is 29.2 Å². The van der Waals surface area contributed by atoms with Gasteiger partial charge in [0, 0.05) is 33.4 Å². The second kappa shape index (κ2) is 15.0. The molecule has 6 nitrogen and oxygen atoms in total. The van der Waals surface area contributed by atoms with Gasteiger partial charge in [0.05, 0.1) is 25.4 Å². The van der Waals surface area contributed by atoms with Crippen molar-refractivity contribution >= 4 is 29.9 Å². The average molecular weight is 519 g/mol. The van der Waals surface area contributed by atoms with Crippen LogP contribution in [0.3, 0.4) is 0 Å². The third kappa shape index (κ3) is 10.1. The molecule has 0 aromatic heterocycles. The molecule has 7 heteroatoms. The fraction of sp³-hybridized carbons (Fsp3) is 0.682. The summed E-state index contributed by atoms with van der Waals surface area (Å²) < 4.78 is 11.2. The van der Waals surface area contributed by atoms with Crippen molar-refractivity contribution in [3.63, 3.8) is 0 Å². The maximum absolute atomic E-state index is 10.3. The number of hydrogen-bond acceptors (Lipinski definition) is 4. The molecule has 0 radical (unpaired) electrons. The summed E-state index contributed by atoms with van der Waals surface area (Å²) in [5.74, 6) is 1.57. The second-order valence-corrected chi connectivity index (χ2v) is 7.50. The van der Waals surface area contributed by atoms with Crippen LogP contribution in [0, 0.1) is 5.92 Å². The molecule has 1 heterocycles. The van der Waals surface area contributed by atoms with Crippen LogP contribution in [0.4, 0.5) is 0 Å². The third-order valence-corrected chi connectivity index (χ3v) is 5.17. The van der Waals surface area contributed by atoms with Crippen LogP contribution < -0.4 is 5.32 Å². The zero-order valence-corrected chi connectivity index (χ0v) is 20.4. The number of rotatable bonds is 10. The first-order chi connectivity index (χ1) is 13.6. The molecule has 0 amide bonds. The Hall–Kier alpha value is -0.900. The third-order valence-electron chi connectivity index (χ3n) is 5.17. The molecule has 2 rings (SSSR count). The van der Waals surface area contributed by atoms with Gasteiger partial charge >= 0.3 is 0 Å².